The van der Waals surface area contributed by atoms with E-state index < -0.39 is 14.4 Å². The zero-order valence-electron chi connectivity index (χ0n) is 8.06. The van der Waals surface area contributed by atoms with Gasteiger partial charge >= 0.3 is 7.60 Å². The van der Waals surface area contributed by atoms with E-state index in [9.17, 15) is 4.57 Å². The monoisotopic (exact) mass is 212 g/mol. The smallest absolute Gasteiger partial charge is 0.329 e. The molecule has 1 N–H and O–H groups in total. The van der Waals surface area contributed by atoms with Gasteiger partial charge in [0.15, 0.2) is 6.79 Å². The Morgan fingerprint density at radius 3 is 2.46 bits per heavy atom. The Labute approximate surface area is 78.5 Å². The average molecular weight is 212 g/mol. The quantitative estimate of drug-likeness (QED) is 0.372. The second-order valence-electron chi connectivity index (χ2n) is 2.48. The maximum atomic E-state index is 11.2. The van der Waals surface area contributed by atoms with Crippen molar-refractivity contribution >= 4 is 7.60 Å². The van der Waals surface area contributed by atoms with E-state index in [1.807, 2.05) is 6.92 Å². The number of hydrogen-bond acceptors (Lipinski definition) is 5. The van der Waals surface area contributed by atoms with Crippen LogP contribution in [0.2, 0.25) is 0 Å². The summed E-state index contributed by atoms with van der Waals surface area (Å²) in [5.74, 6) is 0. The highest BCUT2D eigenvalue weighted by Crippen LogP contribution is 2.42. The van der Waals surface area contributed by atoms with E-state index in [0.29, 0.717) is 13.2 Å². The molecule has 0 spiro atoms. The highest BCUT2D eigenvalue weighted by Gasteiger charge is 2.15. The van der Waals surface area contributed by atoms with E-state index in [4.69, 9.17) is 14.4 Å². The number of rotatable bonds is 8. The van der Waals surface area contributed by atoms with Gasteiger partial charge < -0.3 is 14.4 Å². The normalized spacial score (nSPS) is 15.6. The first-order valence-electron chi connectivity index (χ1n) is 4.17. The first-order valence-corrected chi connectivity index (χ1v) is 6.16. The van der Waals surface area contributed by atoms with Gasteiger partial charge in [-0.3, -0.25) is 9.09 Å². The molecule has 0 aromatic carbocycles. The fraction of sp³-hybridized carbons (Fsp3) is 1.00. The van der Waals surface area contributed by atoms with E-state index in [2.05, 4.69) is 4.52 Å². The minimum Gasteiger partial charge on any atom is -0.379 e. The summed E-state index contributed by atoms with van der Waals surface area (Å²) >= 11 is 0. The molecule has 0 aromatic rings. The van der Waals surface area contributed by atoms with E-state index in [-0.39, 0.29) is 6.61 Å². The second kappa shape index (κ2) is 7.47. The van der Waals surface area contributed by atoms with Crippen LogP contribution < -0.4 is 0 Å². The van der Waals surface area contributed by atoms with Crippen molar-refractivity contribution in [2.24, 2.45) is 0 Å². The van der Waals surface area contributed by atoms with Crippen LogP contribution in [-0.2, 0) is 18.3 Å². The maximum absolute atomic E-state index is 11.2. The van der Waals surface area contributed by atoms with Crippen molar-refractivity contribution in [2.45, 2.75) is 13.3 Å². The molecule has 13 heavy (non-hydrogen) atoms. The summed E-state index contributed by atoms with van der Waals surface area (Å²) < 4.78 is 25.6. The molecule has 0 aliphatic carbocycles. The standard InChI is InChI=1S/C7H17O5P/c1-3-4-10-5-6-11-13(2,9)12-7-8/h8H,3-7H2,1-2H3. The van der Waals surface area contributed by atoms with E-state index in [1.165, 1.54) is 6.66 Å². The molecular weight excluding hydrogens is 195 g/mol. The van der Waals surface area contributed by atoms with Crippen molar-refractivity contribution < 1.29 is 23.5 Å². The van der Waals surface area contributed by atoms with Crippen LogP contribution in [-0.4, -0.2) is 38.4 Å². The Balaban J connectivity index is 3.35. The van der Waals surface area contributed by atoms with Gasteiger partial charge in [0, 0.05) is 13.3 Å². The topological polar surface area (TPSA) is 65.0 Å². The van der Waals surface area contributed by atoms with Crippen LogP contribution >= 0.6 is 7.60 Å². The van der Waals surface area contributed by atoms with Crippen LogP contribution in [0, 0.1) is 0 Å². The lowest BCUT2D eigenvalue weighted by molar-refractivity contribution is 0.0601. The summed E-state index contributed by atoms with van der Waals surface area (Å²) in [6.45, 7) is 3.99. The number of hydrogen-bond donors (Lipinski definition) is 1. The van der Waals surface area contributed by atoms with Gasteiger partial charge in [-0.15, -0.1) is 0 Å². The first kappa shape index (κ1) is 13.1. The molecular formula is C7H17O5P. The summed E-state index contributed by atoms with van der Waals surface area (Å²) in [5, 5.41) is 8.34. The van der Waals surface area contributed by atoms with Crippen molar-refractivity contribution in [3.8, 4) is 0 Å². The van der Waals surface area contributed by atoms with Crippen LogP contribution in [0.5, 0.6) is 0 Å². The SMILES string of the molecule is CCCOCCOP(C)(=O)OCO. The molecule has 0 saturated carbocycles. The van der Waals surface area contributed by atoms with Gasteiger partial charge in [-0.2, -0.15) is 0 Å². The number of ether oxygens (including phenoxy) is 1. The second-order valence-corrected chi connectivity index (χ2v) is 4.53. The van der Waals surface area contributed by atoms with Gasteiger partial charge in [-0.05, 0) is 6.42 Å². The van der Waals surface area contributed by atoms with Crippen LogP contribution in [0.25, 0.3) is 0 Å². The molecule has 0 radical (unpaired) electrons. The van der Waals surface area contributed by atoms with Crippen LogP contribution in [0.3, 0.4) is 0 Å². The van der Waals surface area contributed by atoms with Crippen LogP contribution in [0.15, 0.2) is 0 Å². The fourth-order valence-corrected chi connectivity index (χ4v) is 1.34. The first-order chi connectivity index (χ1) is 6.12. The Kier molecular flexibility index (Phi) is 7.51. The van der Waals surface area contributed by atoms with Gasteiger partial charge in [-0.1, -0.05) is 6.92 Å². The van der Waals surface area contributed by atoms with Gasteiger partial charge in [0.1, 0.15) is 0 Å². The lowest BCUT2D eigenvalue weighted by Crippen LogP contribution is -2.04. The Morgan fingerprint density at radius 1 is 1.23 bits per heavy atom. The zero-order valence-corrected chi connectivity index (χ0v) is 8.96. The highest BCUT2D eigenvalue weighted by atomic mass is 31.2. The van der Waals surface area contributed by atoms with Crippen molar-refractivity contribution in [2.75, 3.05) is 33.3 Å². The molecule has 0 aliphatic heterocycles. The van der Waals surface area contributed by atoms with Crippen molar-refractivity contribution in [3.05, 3.63) is 0 Å². The van der Waals surface area contributed by atoms with Crippen LogP contribution in [0.4, 0.5) is 0 Å². The third-order valence-electron chi connectivity index (χ3n) is 1.19. The average Bonchev–Trinajstić information content (AvgIpc) is 2.04. The predicted molar refractivity (Wildman–Crippen MR) is 48.8 cm³/mol. The molecule has 0 bridgehead atoms. The summed E-state index contributed by atoms with van der Waals surface area (Å²) in [4.78, 5) is 0. The summed E-state index contributed by atoms with van der Waals surface area (Å²) in [6.07, 6.45) is 0.941. The lowest BCUT2D eigenvalue weighted by Gasteiger charge is -2.12. The minimum atomic E-state index is -3.07. The minimum absolute atomic E-state index is 0.216. The molecule has 0 saturated heterocycles. The van der Waals surface area contributed by atoms with Gasteiger partial charge in [0.05, 0.1) is 13.2 Å². The van der Waals surface area contributed by atoms with E-state index in [0.717, 1.165) is 6.42 Å². The molecule has 1 atom stereocenters. The zero-order chi connectivity index (χ0) is 10.2. The van der Waals surface area contributed by atoms with Crippen molar-refractivity contribution in [1.29, 1.82) is 0 Å². The van der Waals surface area contributed by atoms with Crippen molar-refractivity contribution in [1.82, 2.24) is 0 Å². The molecule has 1 unspecified atom stereocenters. The molecule has 0 fully saturated rings. The Hall–Kier alpha value is 0.0700. The molecule has 0 aliphatic rings. The fourth-order valence-electron chi connectivity index (χ4n) is 0.651. The van der Waals surface area contributed by atoms with Gasteiger partial charge in [0.25, 0.3) is 0 Å². The third-order valence-corrected chi connectivity index (χ3v) is 2.43. The van der Waals surface area contributed by atoms with Crippen LogP contribution in [0.1, 0.15) is 13.3 Å². The molecule has 0 amide bonds. The van der Waals surface area contributed by atoms with E-state index in [1.54, 1.807) is 0 Å². The lowest BCUT2D eigenvalue weighted by atomic mass is 10.5. The summed E-state index contributed by atoms with van der Waals surface area (Å²) in [6, 6.07) is 0. The molecule has 0 aromatic heterocycles. The summed E-state index contributed by atoms with van der Waals surface area (Å²) in [7, 11) is -3.07. The molecule has 5 nitrogen and oxygen atoms in total. The molecule has 0 rings (SSSR count). The highest BCUT2D eigenvalue weighted by molar-refractivity contribution is 7.52. The Morgan fingerprint density at radius 2 is 1.92 bits per heavy atom. The summed E-state index contributed by atoms with van der Waals surface area (Å²) in [5.41, 5.74) is 0. The van der Waals surface area contributed by atoms with Gasteiger partial charge in [0.2, 0.25) is 0 Å². The number of aliphatic hydroxyl groups excluding tert-OH is 1. The van der Waals surface area contributed by atoms with E-state index >= 15 is 0 Å². The number of aliphatic hydroxyl groups is 1. The molecule has 80 valence electrons. The third kappa shape index (κ3) is 8.40. The largest absolute Gasteiger partial charge is 0.379 e. The van der Waals surface area contributed by atoms with Gasteiger partial charge in [-0.25, -0.2) is 0 Å². The maximum Gasteiger partial charge on any atom is 0.329 e. The Bertz CT molecular complexity index is 161. The van der Waals surface area contributed by atoms with Crippen molar-refractivity contribution in [3.63, 3.8) is 0 Å². The predicted octanol–water partition coefficient (Wildman–Crippen LogP) is 1.22. The molecule has 0 heterocycles. The molecule has 6 heteroatoms.